The van der Waals surface area contributed by atoms with E-state index in [1.54, 1.807) is 0 Å². The second-order valence-electron chi connectivity index (χ2n) is 6.80. The lowest BCUT2D eigenvalue weighted by Crippen LogP contribution is -2.28. The molecule has 1 aromatic heterocycles. The van der Waals surface area contributed by atoms with Crippen LogP contribution < -0.4 is 0 Å². The molecule has 1 aliphatic heterocycles. The quantitative estimate of drug-likeness (QED) is 0.690. The smallest absolute Gasteiger partial charge is 0.0459 e. The van der Waals surface area contributed by atoms with Gasteiger partial charge in [-0.25, -0.2) is 0 Å². The van der Waals surface area contributed by atoms with Crippen LogP contribution in [0.1, 0.15) is 23.1 Å². The molecule has 0 amide bonds. The SMILES string of the molecule is Cc1cccc(C2=CCN(CC=Cc3cccc4[nH]ccc34)CC2)c1. The van der Waals surface area contributed by atoms with Crippen molar-refractivity contribution in [2.45, 2.75) is 13.3 Å². The summed E-state index contributed by atoms with van der Waals surface area (Å²) in [5.74, 6) is 0. The predicted octanol–water partition coefficient (Wildman–Crippen LogP) is 5.28. The first-order chi connectivity index (χ1) is 12.3. The molecule has 0 fully saturated rings. The number of nitrogens with zero attached hydrogens (tertiary/aromatic N) is 1. The van der Waals surface area contributed by atoms with Crippen molar-refractivity contribution in [1.29, 1.82) is 0 Å². The molecule has 0 atom stereocenters. The Morgan fingerprint density at radius 1 is 1.12 bits per heavy atom. The van der Waals surface area contributed by atoms with Crippen molar-refractivity contribution in [3.05, 3.63) is 83.6 Å². The Morgan fingerprint density at radius 3 is 2.88 bits per heavy atom. The Labute approximate surface area is 149 Å². The number of fused-ring (bicyclic) bond motifs is 1. The molecule has 3 aromatic rings. The van der Waals surface area contributed by atoms with Gasteiger partial charge in [-0.15, -0.1) is 0 Å². The van der Waals surface area contributed by atoms with Gasteiger partial charge in [0.2, 0.25) is 0 Å². The molecule has 4 rings (SSSR count). The number of hydrogen-bond acceptors (Lipinski definition) is 1. The summed E-state index contributed by atoms with van der Waals surface area (Å²) in [4.78, 5) is 5.77. The van der Waals surface area contributed by atoms with Crippen LogP contribution in [0.5, 0.6) is 0 Å². The van der Waals surface area contributed by atoms with E-state index >= 15 is 0 Å². The highest BCUT2D eigenvalue weighted by molar-refractivity contribution is 5.88. The van der Waals surface area contributed by atoms with Crippen LogP contribution in [0, 0.1) is 6.92 Å². The number of H-pyrrole nitrogens is 1. The normalized spacial score (nSPS) is 15.8. The van der Waals surface area contributed by atoms with Crippen LogP contribution in [0.4, 0.5) is 0 Å². The topological polar surface area (TPSA) is 19.0 Å². The Bertz CT molecular complexity index is 930. The van der Waals surface area contributed by atoms with E-state index in [0.717, 1.165) is 26.1 Å². The van der Waals surface area contributed by atoms with Crippen molar-refractivity contribution in [2.24, 2.45) is 0 Å². The van der Waals surface area contributed by atoms with Crippen LogP contribution in [0.2, 0.25) is 0 Å². The minimum absolute atomic E-state index is 0.998. The maximum Gasteiger partial charge on any atom is 0.0459 e. The summed E-state index contributed by atoms with van der Waals surface area (Å²) in [6.45, 7) is 5.31. The van der Waals surface area contributed by atoms with Crippen molar-refractivity contribution in [1.82, 2.24) is 9.88 Å². The Morgan fingerprint density at radius 2 is 2.04 bits per heavy atom. The Hall–Kier alpha value is -2.58. The van der Waals surface area contributed by atoms with Gasteiger partial charge < -0.3 is 4.98 Å². The molecular weight excluding hydrogens is 304 g/mol. The third-order valence-corrected chi connectivity index (χ3v) is 4.97. The number of nitrogens with one attached hydrogen (secondary N) is 1. The lowest BCUT2D eigenvalue weighted by atomic mass is 9.98. The zero-order valence-electron chi connectivity index (χ0n) is 14.7. The van der Waals surface area contributed by atoms with Crippen molar-refractivity contribution >= 4 is 22.6 Å². The van der Waals surface area contributed by atoms with Gasteiger partial charge in [0.15, 0.2) is 0 Å². The van der Waals surface area contributed by atoms with E-state index in [4.69, 9.17) is 0 Å². The highest BCUT2D eigenvalue weighted by atomic mass is 15.1. The summed E-state index contributed by atoms with van der Waals surface area (Å²) in [5.41, 5.74) is 6.69. The van der Waals surface area contributed by atoms with E-state index in [2.05, 4.69) is 83.6 Å². The van der Waals surface area contributed by atoms with E-state index < -0.39 is 0 Å². The summed E-state index contributed by atoms with van der Waals surface area (Å²) in [5, 5.41) is 1.29. The van der Waals surface area contributed by atoms with Crippen LogP contribution in [-0.2, 0) is 0 Å². The molecule has 0 aliphatic carbocycles. The number of aromatic nitrogens is 1. The standard InChI is InChI=1S/C23H24N2/c1-18-5-2-7-21(17-18)19-11-15-25(16-12-19)14-4-8-20-6-3-9-23-22(20)10-13-24-23/h2-11,13,17,24H,12,14-16H2,1H3. The molecular formula is C23H24N2. The fraction of sp³-hybridized carbons (Fsp3) is 0.217. The van der Waals surface area contributed by atoms with Gasteiger partial charge in [-0.1, -0.05) is 60.2 Å². The van der Waals surface area contributed by atoms with E-state index in [9.17, 15) is 0 Å². The number of aromatic amines is 1. The molecule has 0 bridgehead atoms. The molecule has 0 unspecified atom stereocenters. The maximum atomic E-state index is 3.27. The zero-order chi connectivity index (χ0) is 17.1. The minimum Gasteiger partial charge on any atom is -0.361 e. The zero-order valence-corrected chi connectivity index (χ0v) is 14.7. The molecule has 126 valence electrons. The number of benzene rings is 2. The average Bonchev–Trinajstić information content (AvgIpc) is 3.12. The summed E-state index contributed by atoms with van der Waals surface area (Å²) < 4.78 is 0. The first-order valence-corrected chi connectivity index (χ1v) is 9.01. The highest BCUT2D eigenvalue weighted by Gasteiger charge is 2.11. The van der Waals surface area contributed by atoms with Crippen molar-refractivity contribution in [2.75, 3.05) is 19.6 Å². The van der Waals surface area contributed by atoms with E-state index in [1.165, 1.54) is 33.2 Å². The molecule has 2 aromatic carbocycles. The van der Waals surface area contributed by atoms with Crippen LogP contribution in [0.3, 0.4) is 0 Å². The molecule has 2 heterocycles. The molecule has 0 saturated carbocycles. The first-order valence-electron chi connectivity index (χ1n) is 9.01. The summed E-state index contributed by atoms with van der Waals surface area (Å²) in [6, 6.07) is 17.4. The molecule has 0 radical (unpaired) electrons. The van der Waals surface area contributed by atoms with Gasteiger partial charge >= 0.3 is 0 Å². The lowest BCUT2D eigenvalue weighted by Gasteiger charge is -2.25. The summed E-state index contributed by atoms with van der Waals surface area (Å²) in [6.07, 6.45) is 10.1. The van der Waals surface area contributed by atoms with E-state index in [1.807, 2.05) is 6.20 Å². The molecule has 2 heteroatoms. The molecule has 0 spiro atoms. The number of hydrogen-bond donors (Lipinski definition) is 1. The third kappa shape index (κ3) is 3.59. The predicted molar refractivity (Wildman–Crippen MR) is 108 cm³/mol. The van der Waals surface area contributed by atoms with Gasteiger partial charge in [-0.05, 0) is 42.2 Å². The van der Waals surface area contributed by atoms with Gasteiger partial charge in [0.1, 0.15) is 0 Å². The Balaban J connectivity index is 1.39. The second kappa shape index (κ2) is 7.12. The molecule has 2 nitrogen and oxygen atoms in total. The van der Waals surface area contributed by atoms with Crippen LogP contribution >= 0.6 is 0 Å². The summed E-state index contributed by atoms with van der Waals surface area (Å²) in [7, 11) is 0. The van der Waals surface area contributed by atoms with Gasteiger partial charge in [0.05, 0.1) is 0 Å². The number of rotatable bonds is 4. The monoisotopic (exact) mass is 328 g/mol. The number of aryl methyl sites for hydroxylation is 1. The van der Waals surface area contributed by atoms with Gasteiger partial charge in [-0.2, -0.15) is 0 Å². The molecule has 1 N–H and O–H groups in total. The van der Waals surface area contributed by atoms with Gasteiger partial charge in [-0.3, -0.25) is 4.90 Å². The average molecular weight is 328 g/mol. The first kappa shape index (κ1) is 15.9. The molecule has 0 saturated heterocycles. The third-order valence-electron chi connectivity index (χ3n) is 4.97. The molecule has 25 heavy (non-hydrogen) atoms. The highest BCUT2D eigenvalue weighted by Crippen LogP contribution is 2.23. The van der Waals surface area contributed by atoms with E-state index in [0.29, 0.717) is 0 Å². The van der Waals surface area contributed by atoms with Gasteiger partial charge in [0, 0.05) is 36.7 Å². The van der Waals surface area contributed by atoms with Crippen LogP contribution in [0.15, 0.2) is 66.9 Å². The van der Waals surface area contributed by atoms with Crippen molar-refractivity contribution < 1.29 is 0 Å². The van der Waals surface area contributed by atoms with Crippen LogP contribution in [-0.4, -0.2) is 29.5 Å². The fourth-order valence-corrected chi connectivity index (χ4v) is 3.57. The molecule has 1 aliphatic rings. The fourth-order valence-electron chi connectivity index (χ4n) is 3.57. The largest absolute Gasteiger partial charge is 0.361 e. The van der Waals surface area contributed by atoms with Crippen molar-refractivity contribution in [3.8, 4) is 0 Å². The van der Waals surface area contributed by atoms with E-state index in [-0.39, 0.29) is 0 Å². The van der Waals surface area contributed by atoms with Crippen LogP contribution in [0.25, 0.3) is 22.6 Å². The van der Waals surface area contributed by atoms with Crippen molar-refractivity contribution in [3.63, 3.8) is 0 Å². The minimum atomic E-state index is 0.998. The maximum absolute atomic E-state index is 3.27. The lowest BCUT2D eigenvalue weighted by molar-refractivity contribution is 0.335. The summed E-state index contributed by atoms with van der Waals surface area (Å²) >= 11 is 0. The van der Waals surface area contributed by atoms with Gasteiger partial charge in [0.25, 0.3) is 0 Å². The Kier molecular flexibility index (Phi) is 4.53. The second-order valence-corrected chi connectivity index (χ2v) is 6.80.